The number of fused-ring (bicyclic) bond motifs is 1. The molecule has 1 N–H and O–H groups in total. The number of hydrogen-bond acceptors (Lipinski definition) is 3. The molecule has 8 heteroatoms. The second-order valence-electron chi connectivity index (χ2n) is 5.50. The van der Waals surface area contributed by atoms with Crippen molar-refractivity contribution in [2.75, 3.05) is 4.90 Å². The highest BCUT2D eigenvalue weighted by Gasteiger charge is 2.54. The molecule has 2 aromatic rings. The van der Waals surface area contributed by atoms with Crippen LogP contribution in [0.2, 0.25) is 0 Å². The van der Waals surface area contributed by atoms with E-state index in [0.29, 0.717) is 5.56 Å². The van der Waals surface area contributed by atoms with Gasteiger partial charge in [0.05, 0.1) is 28.4 Å². The van der Waals surface area contributed by atoms with Crippen LogP contribution < -0.4 is 4.90 Å². The molecule has 1 atom stereocenters. The van der Waals surface area contributed by atoms with E-state index in [2.05, 4.69) is 20.9 Å². The van der Waals surface area contributed by atoms with Gasteiger partial charge in [0.2, 0.25) is 5.95 Å². The molecular weight excluding hydrogens is 389 g/mol. The Morgan fingerprint density at radius 1 is 1.42 bits per heavy atom. The molecule has 0 bridgehead atoms. The normalized spacial score (nSPS) is 17.1. The first-order valence-corrected chi connectivity index (χ1v) is 7.84. The van der Waals surface area contributed by atoms with Gasteiger partial charge in [0.1, 0.15) is 0 Å². The third kappa shape index (κ3) is 2.59. The summed E-state index contributed by atoms with van der Waals surface area (Å²) < 4.78 is 42.2. The fourth-order valence-electron chi connectivity index (χ4n) is 2.75. The molecule has 0 unspecified atom stereocenters. The van der Waals surface area contributed by atoms with Crippen molar-refractivity contribution in [1.29, 1.82) is 0 Å². The number of amides is 1. The summed E-state index contributed by atoms with van der Waals surface area (Å²) in [5.41, 5.74) is -0.0579. The van der Waals surface area contributed by atoms with Crippen molar-refractivity contribution in [1.82, 2.24) is 4.98 Å². The lowest BCUT2D eigenvalue weighted by atomic mass is 9.98. The predicted molar refractivity (Wildman–Crippen MR) is 84.1 cm³/mol. The van der Waals surface area contributed by atoms with Crippen LogP contribution in [0.3, 0.4) is 0 Å². The van der Waals surface area contributed by atoms with Crippen molar-refractivity contribution in [3.8, 4) is 0 Å². The monoisotopic (exact) mass is 400 g/mol. The lowest BCUT2D eigenvalue weighted by Crippen LogP contribution is -2.34. The molecule has 0 aliphatic carbocycles. The van der Waals surface area contributed by atoms with E-state index in [9.17, 15) is 23.1 Å². The summed E-state index contributed by atoms with van der Waals surface area (Å²) in [6.07, 6.45) is 0.0439. The first-order valence-electron chi connectivity index (χ1n) is 7.04. The SMILES string of the molecule is C[C@H](O)c1cccc2c1C(F)(F)C(=O)N2Cc1cnc(F)c(Br)c1. The Kier molecular flexibility index (Phi) is 4.13. The van der Waals surface area contributed by atoms with Crippen molar-refractivity contribution in [2.24, 2.45) is 0 Å². The van der Waals surface area contributed by atoms with E-state index in [1.54, 1.807) is 0 Å². The number of carbonyl (C=O) groups is 1. The smallest absolute Gasteiger partial charge is 0.352 e. The molecule has 1 aliphatic heterocycles. The van der Waals surface area contributed by atoms with Crippen molar-refractivity contribution >= 4 is 27.5 Å². The summed E-state index contributed by atoms with van der Waals surface area (Å²) >= 11 is 2.97. The maximum absolute atomic E-state index is 14.5. The zero-order valence-corrected chi connectivity index (χ0v) is 14.0. The van der Waals surface area contributed by atoms with Crippen LogP contribution in [0.1, 0.15) is 29.7 Å². The molecule has 1 aliphatic rings. The molecule has 1 amide bonds. The quantitative estimate of drug-likeness (QED) is 0.799. The van der Waals surface area contributed by atoms with Gasteiger partial charge in [0.15, 0.2) is 0 Å². The third-order valence-electron chi connectivity index (χ3n) is 3.84. The highest BCUT2D eigenvalue weighted by molar-refractivity contribution is 9.10. The Labute approximate surface area is 144 Å². The van der Waals surface area contributed by atoms with Gasteiger partial charge in [-0.05, 0) is 46.1 Å². The number of carbonyl (C=O) groups excluding carboxylic acids is 1. The number of alkyl halides is 2. The van der Waals surface area contributed by atoms with E-state index in [4.69, 9.17) is 0 Å². The molecule has 2 heterocycles. The molecular formula is C16H12BrF3N2O2. The summed E-state index contributed by atoms with van der Waals surface area (Å²) in [6.45, 7) is 1.18. The molecule has 0 saturated heterocycles. The number of hydrogen-bond donors (Lipinski definition) is 1. The standard InChI is InChI=1S/C16H12BrF3N2O2/c1-8(23)10-3-2-4-12-13(10)16(19,20)15(24)22(12)7-9-5-11(17)14(18)21-6-9/h2-6,8,23H,7H2,1H3/t8-/m0/s1. The van der Waals surface area contributed by atoms with E-state index in [0.717, 1.165) is 4.90 Å². The number of aliphatic hydroxyl groups is 1. The van der Waals surface area contributed by atoms with Gasteiger partial charge < -0.3 is 10.0 Å². The van der Waals surface area contributed by atoms with E-state index in [-0.39, 0.29) is 22.3 Å². The van der Waals surface area contributed by atoms with Gasteiger partial charge in [0.25, 0.3) is 0 Å². The molecule has 1 aromatic carbocycles. The number of pyridine rings is 1. The van der Waals surface area contributed by atoms with Gasteiger partial charge >= 0.3 is 11.8 Å². The third-order valence-corrected chi connectivity index (χ3v) is 4.39. The van der Waals surface area contributed by atoms with E-state index in [1.165, 1.54) is 37.4 Å². The van der Waals surface area contributed by atoms with Crippen molar-refractivity contribution < 1.29 is 23.1 Å². The minimum Gasteiger partial charge on any atom is -0.389 e. The highest BCUT2D eigenvalue weighted by Crippen LogP contribution is 2.47. The fraction of sp³-hybridized carbons (Fsp3) is 0.250. The van der Waals surface area contributed by atoms with Gasteiger partial charge in [-0.2, -0.15) is 13.2 Å². The molecule has 0 saturated carbocycles. The molecule has 24 heavy (non-hydrogen) atoms. The first kappa shape index (κ1) is 16.9. The van der Waals surface area contributed by atoms with E-state index in [1.807, 2.05) is 0 Å². The molecule has 126 valence electrons. The van der Waals surface area contributed by atoms with Gasteiger partial charge in [0, 0.05) is 6.20 Å². The minimum atomic E-state index is -3.73. The zero-order chi connectivity index (χ0) is 17.6. The lowest BCUT2D eigenvalue weighted by Gasteiger charge is -2.17. The number of anilines is 1. The Hall–Kier alpha value is -1.93. The maximum Gasteiger partial charge on any atom is 0.352 e. The average Bonchev–Trinajstić information content (AvgIpc) is 2.72. The number of aliphatic hydroxyl groups excluding tert-OH is 1. The molecule has 4 nitrogen and oxygen atoms in total. The second-order valence-corrected chi connectivity index (χ2v) is 6.35. The Morgan fingerprint density at radius 2 is 2.12 bits per heavy atom. The molecule has 3 rings (SSSR count). The topological polar surface area (TPSA) is 53.4 Å². The molecule has 1 aromatic heterocycles. The summed E-state index contributed by atoms with van der Waals surface area (Å²) in [6, 6.07) is 5.64. The highest BCUT2D eigenvalue weighted by atomic mass is 79.9. The lowest BCUT2D eigenvalue weighted by molar-refractivity contribution is -0.141. The van der Waals surface area contributed by atoms with Gasteiger partial charge in [-0.3, -0.25) is 4.79 Å². The Morgan fingerprint density at radius 3 is 2.75 bits per heavy atom. The van der Waals surface area contributed by atoms with E-state index < -0.39 is 29.4 Å². The van der Waals surface area contributed by atoms with Crippen LogP contribution in [0.5, 0.6) is 0 Å². The van der Waals surface area contributed by atoms with Crippen LogP contribution in [-0.2, 0) is 17.3 Å². The van der Waals surface area contributed by atoms with Gasteiger partial charge in [-0.1, -0.05) is 12.1 Å². The largest absolute Gasteiger partial charge is 0.389 e. The minimum absolute atomic E-state index is 0.00626. The molecule has 0 spiro atoms. The summed E-state index contributed by atoms with van der Waals surface area (Å²) in [5.74, 6) is -5.84. The van der Waals surface area contributed by atoms with Gasteiger partial charge in [-0.15, -0.1) is 0 Å². The first-order chi connectivity index (χ1) is 11.2. The Balaban J connectivity index is 2.07. The molecule has 0 radical (unpaired) electrons. The van der Waals surface area contributed by atoms with E-state index >= 15 is 0 Å². The number of halogens is 4. The van der Waals surface area contributed by atoms with Crippen molar-refractivity contribution in [3.05, 3.63) is 57.6 Å². The zero-order valence-electron chi connectivity index (χ0n) is 12.4. The van der Waals surface area contributed by atoms with Crippen LogP contribution in [-0.4, -0.2) is 16.0 Å². The van der Waals surface area contributed by atoms with Crippen LogP contribution in [0, 0.1) is 5.95 Å². The van der Waals surface area contributed by atoms with Crippen LogP contribution in [0.15, 0.2) is 34.9 Å². The fourth-order valence-corrected chi connectivity index (χ4v) is 3.14. The number of aromatic nitrogens is 1. The van der Waals surface area contributed by atoms with Crippen LogP contribution >= 0.6 is 15.9 Å². The number of nitrogens with zero attached hydrogens (tertiary/aromatic N) is 2. The number of rotatable bonds is 3. The summed E-state index contributed by atoms with van der Waals surface area (Å²) in [7, 11) is 0. The van der Waals surface area contributed by atoms with Crippen molar-refractivity contribution in [2.45, 2.75) is 25.5 Å². The maximum atomic E-state index is 14.5. The average molecular weight is 401 g/mol. The Bertz CT molecular complexity index is 827. The van der Waals surface area contributed by atoms with Crippen LogP contribution in [0.4, 0.5) is 18.9 Å². The number of benzene rings is 1. The van der Waals surface area contributed by atoms with Gasteiger partial charge in [-0.25, -0.2) is 4.98 Å². The summed E-state index contributed by atoms with van der Waals surface area (Å²) in [5, 5.41) is 9.73. The summed E-state index contributed by atoms with van der Waals surface area (Å²) in [4.78, 5) is 16.6. The second kappa shape index (κ2) is 5.86. The molecule has 0 fully saturated rings. The predicted octanol–water partition coefficient (Wildman–Crippen LogP) is 3.68. The van der Waals surface area contributed by atoms with Crippen molar-refractivity contribution in [3.63, 3.8) is 0 Å². The van der Waals surface area contributed by atoms with Crippen LogP contribution in [0.25, 0.3) is 0 Å².